The van der Waals surface area contributed by atoms with Crippen LogP contribution in [-0.2, 0) is 11.3 Å². The SMILES string of the molecule is CCOC(=O)N1CCN(C(=O)NCc2cccc(OC)c2)CC1. The molecule has 0 unspecified atom stereocenters. The van der Waals surface area contributed by atoms with Gasteiger partial charge in [0.2, 0.25) is 0 Å². The average molecular weight is 321 g/mol. The summed E-state index contributed by atoms with van der Waals surface area (Å²) in [6.45, 7) is 4.57. The maximum Gasteiger partial charge on any atom is 0.409 e. The minimum atomic E-state index is -0.316. The van der Waals surface area contributed by atoms with Crippen LogP contribution in [0.5, 0.6) is 5.75 Å². The van der Waals surface area contributed by atoms with E-state index in [4.69, 9.17) is 9.47 Å². The van der Waals surface area contributed by atoms with Crippen LogP contribution in [0.4, 0.5) is 9.59 Å². The quantitative estimate of drug-likeness (QED) is 0.916. The zero-order chi connectivity index (χ0) is 16.7. The first-order valence-electron chi connectivity index (χ1n) is 7.71. The largest absolute Gasteiger partial charge is 0.497 e. The van der Waals surface area contributed by atoms with E-state index in [-0.39, 0.29) is 12.1 Å². The molecular weight excluding hydrogens is 298 g/mol. The number of hydrogen-bond acceptors (Lipinski definition) is 4. The predicted molar refractivity (Wildman–Crippen MR) is 85.4 cm³/mol. The number of piperazine rings is 1. The molecule has 0 bridgehead atoms. The highest BCUT2D eigenvalue weighted by molar-refractivity contribution is 5.75. The number of methoxy groups -OCH3 is 1. The van der Waals surface area contributed by atoms with Gasteiger partial charge in [-0.3, -0.25) is 0 Å². The fourth-order valence-corrected chi connectivity index (χ4v) is 2.38. The van der Waals surface area contributed by atoms with Crippen molar-refractivity contribution >= 4 is 12.1 Å². The Morgan fingerprint density at radius 1 is 1.17 bits per heavy atom. The number of rotatable bonds is 4. The third-order valence-electron chi connectivity index (χ3n) is 3.67. The normalized spacial score (nSPS) is 14.3. The van der Waals surface area contributed by atoms with Gasteiger partial charge in [-0.2, -0.15) is 0 Å². The lowest BCUT2D eigenvalue weighted by Gasteiger charge is -2.34. The minimum Gasteiger partial charge on any atom is -0.497 e. The number of benzene rings is 1. The smallest absolute Gasteiger partial charge is 0.409 e. The maximum atomic E-state index is 12.2. The predicted octanol–water partition coefficient (Wildman–Crippen LogP) is 1.68. The van der Waals surface area contributed by atoms with Crippen LogP contribution in [0.3, 0.4) is 0 Å². The summed E-state index contributed by atoms with van der Waals surface area (Å²) in [4.78, 5) is 27.1. The average Bonchev–Trinajstić information content (AvgIpc) is 2.60. The van der Waals surface area contributed by atoms with Crippen molar-refractivity contribution in [2.24, 2.45) is 0 Å². The number of carbonyl (C=O) groups is 2. The molecule has 23 heavy (non-hydrogen) atoms. The lowest BCUT2D eigenvalue weighted by molar-refractivity contribution is 0.0851. The molecule has 1 aliphatic rings. The van der Waals surface area contributed by atoms with Crippen molar-refractivity contribution in [3.8, 4) is 5.75 Å². The van der Waals surface area contributed by atoms with E-state index in [2.05, 4.69) is 5.32 Å². The van der Waals surface area contributed by atoms with Gasteiger partial charge in [0.25, 0.3) is 0 Å². The van der Waals surface area contributed by atoms with E-state index in [1.54, 1.807) is 23.8 Å². The fraction of sp³-hybridized carbons (Fsp3) is 0.500. The summed E-state index contributed by atoms with van der Waals surface area (Å²) in [6, 6.07) is 7.44. The van der Waals surface area contributed by atoms with Gasteiger partial charge in [0.15, 0.2) is 0 Å². The van der Waals surface area contributed by atoms with Gasteiger partial charge in [-0.15, -0.1) is 0 Å². The van der Waals surface area contributed by atoms with Crippen LogP contribution >= 0.6 is 0 Å². The zero-order valence-electron chi connectivity index (χ0n) is 13.6. The highest BCUT2D eigenvalue weighted by atomic mass is 16.6. The summed E-state index contributed by atoms with van der Waals surface area (Å²) in [5.74, 6) is 0.764. The second-order valence-corrected chi connectivity index (χ2v) is 5.18. The Balaban J connectivity index is 1.77. The molecule has 1 heterocycles. The molecule has 7 nitrogen and oxygen atoms in total. The summed E-state index contributed by atoms with van der Waals surface area (Å²) < 4.78 is 10.1. The Kier molecular flexibility index (Phi) is 6.08. The number of ether oxygens (including phenoxy) is 2. The van der Waals surface area contributed by atoms with Crippen molar-refractivity contribution in [1.29, 1.82) is 0 Å². The first kappa shape index (κ1) is 16.9. The molecule has 1 aromatic carbocycles. The van der Waals surface area contributed by atoms with Crippen molar-refractivity contribution < 1.29 is 19.1 Å². The van der Waals surface area contributed by atoms with E-state index < -0.39 is 0 Å². The van der Waals surface area contributed by atoms with Crippen LogP contribution < -0.4 is 10.1 Å². The van der Waals surface area contributed by atoms with Gasteiger partial charge in [0.05, 0.1) is 13.7 Å². The molecule has 7 heteroatoms. The molecule has 0 radical (unpaired) electrons. The van der Waals surface area contributed by atoms with Crippen LogP contribution in [0.15, 0.2) is 24.3 Å². The topological polar surface area (TPSA) is 71.1 Å². The van der Waals surface area contributed by atoms with Crippen molar-refractivity contribution in [3.63, 3.8) is 0 Å². The van der Waals surface area contributed by atoms with Crippen molar-refractivity contribution in [2.75, 3.05) is 39.9 Å². The third-order valence-corrected chi connectivity index (χ3v) is 3.67. The first-order chi connectivity index (χ1) is 11.1. The number of amides is 3. The Morgan fingerprint density at radius 2 is 1.87 bits per heavy atom. The Hall–Kier alpha value is -2.44. The number of nitrogens with one attached hydrogen (secondary N) is 1. The third kappa shape index (κ3) is 4.77. The van der Waals surface area contributed by atoms with Gasteiger partial charge in [-0.1, -0.05) is 12.1 Å². The fourth-order valence-electron chi connectivity index (χ4n) is 2.38. The molecule has 0 aliphatic carbocycles. The van der Waals surface area contributed by atoms with E-state index in [0.29, 0.717) is 39.3 Å². The van der Waals surface area contributed by atoms with E-state index in [0.717, 1.165) is 11.3 Å². The number of carbonyl (C=O) groups excluding carboxylic acids is 2. The number of urea groups is 1. The van der Waals surface area contributed by atoms with E-state index in [1.165, 1.54) is 0 Å². The highest BCUT2D eigenvalue weighted by Gasteiger charge is 2.24. The zero-order valence-corrected chi connectivity index (χ0v) is 13.6. The summed E-state index contributed by atoms with van der Waals surface area (Å²) in [6.07, 6.45) is -0.316. The van der Waals surface area contributed by atoms with Crippen LogP contribution in [0, 0.1) is 0 Å². The van der Waals surface area contributed by atoms with Gasteiger partial charge < -0.3 is 24.6 Å². The molecule has 0 spiro atoms. The Morgan fingerprint density at radius 3 is 2.52 bits per heavy atom. The second-order valence-electron chi connectivity index (χ2n) is 5.18. The van der Waals surface area contributed by atoms with Gasteiger partial charge in [-0.05, 0) is 24.6 Å². The molecule has 1 saturated heterocycles. The van der Waals surface area contributed by atoms with E-state index >= 15 is 0 Å². The first-order valence-corrected chi connectivity index (χ1v) is 7.71. The number of nitrogens with zero attached hydrogens (tertiary/aromatic N) is 2. The molecule has 1 aromatic rings. The molecule has 0 aromatic heterocycles. The molecule has 0 saturated carbocycles. The Labute approximate surface area is 136 Å². The van der Waals surface area contributed by atoms with Crippen LogP contribution in [0.25, 0.3) is 0 Å². The monoisotopic (exact) mass is 321 g/mol. The lowest BCUT2D eigenvalue weighted by atomic mass is 10.2. The Bertz CT molecular complexity index is 542. The van der Waals surface area contributed by atoms with Crippen LogP contribution in [-0.4, -0.2) is 61.8 Å². The molecule has 126 valence electrons. The second kappa shape index (κ2) is 8.26. The summed E-state index contributed by atoms with van der Waals surface area (Å²) >= 11 is 0. The summed E-state index contributed by atoms with van der Waals surface area (Å²) in [5, 5.41) is 2.89. The van der Waals surface area contributed by atoms with E-state index in [9.17, 15) is 9.59 Å². The maximum absolute atomic E-state index is 12.2. The van der Waals surface area contributed by atoms with Crippen molar-refractivity contribution in [3.05, 3.63) is 29.8 Å². The van der Waals surface area contributed by atoms with Crippen LogP contribution in [0.2, 0.25) is 0 Å². The standard InChI is InChI=1S/C16H23N3O4/c1-3-23-16(21)19-9-7-18(8-10-19)15(20)17-12-13-5-4-6-14(11-13)22-2/h4-6,11H,3,7-10,12H2,1-2H3,(H,17,20). The molecule has 1 aliphatic heterocycles. The minimum absolute atomic E-state index is 0.128. The van der Waals surface area contributed by atoms with Crippen LogP contribution in [0.1, 0.15) is 12.5 Å². The highest BCUT2D eigenvalue weighted by Crippen LogP contribution is 2.12. The molecule has 1 N–H and O–H groups in total. The van der Waals surface area contributed by atoms with Gasteiger partial charge in [0, 0.05) is 32.7 Å². The lowest BCUT2D eigenvalue weighted by Crippen LogP contribution is -2.53. The summed E-state index contributed by atoms with van der Waals surface area (Å²) in [5.41, 5.74) is 0.975. The van der Waals surface area contributed by atoms with Gasteiger partial charge in [-0.25, -0.2) is 9.59 Å². The molecule has 1 fully saturated rings. The molecule has 3 amide bonds. The molecular formula is C16H23N3O4. The van der Waals surface area contributed by atoms with E-state index in [1.807, 2.05) is 24.3 Å². The van der Waals surface area contributed by atoms with Crippen molar-refractivity contribution in [2.45, 2.75) is 13.5 Å². The van der Waals surface area contributed by atoms with Crippen molar-refractivity contribution in [1.82, 2.24) is 15.1 Å². The summed E-state index contributed by atoms with van der Waals surface area (Å²) in [7, 11) is 1.61. The number of hydrogen-bond donors (Lipinski definition) is 1. The molecule has 2 rings (SSSR count). The molecule has 0 atom stereocenters. The van der Waals surface area contributed by atoms with Gasteiger partial charge in [0.1, 0.15) is 5.75 Å². The van der Waals surface area contributed by atoms with Gasteiger partial charge >= 0.3 is 12.1 Å².